The Balaban J connectivity index is 1.89. The average molecular weight is 374 g/mol. The van der Waals surface area contributed by atoms with Crippen LogP contribution in [0.5, 0.6) is 0 Å². The van der Waals surface area contributed by atoms with E-state index in [1.165, 1.54) is 12.3 Å². The molecular formula is C17H16ClN5O3. The number of carboxylic acids is 1. The van der Waals surface area contributed by atoms with Crippen molar-refractivity contribution < 1.29 is 14.6 Å². The predicted octanol–water partition coefficient (Wildman–Crippen LogP) is 3.08. The molecule has 0 aliphatic carbocycles. The molecule has 0 aliphatic heterocycles. The Bertz CT molecular complexity index is 928. The first kappa shape index (κ1) is 17.8. The molecule has 0 amide bonds. The van der Waals surface area contributed by atoms with E-state index in [1.54, 1.807) is 42.4 Å². The molecule has 1 aromatic carbocycles. The van der Waals surface area contributed by atoms with E-state index in [0.717, 1.165) is 0 Å². The Kier molecular flexibility index (Phi) is 5.45. The molecule has 0 aliphatic rings. The zero-order valence-corrected chi connectivity index (χ0v) is 14.6. The average Bonchev–Trinajstić information content (AvgIpc) is 3.09. The second kappa shape index (κ2) is 7.94. The zero-order chi connectivity index (χ0) is 18.5. The van der Waals surface area contributed by atoms with E-state index in [4.69, 9.17) is 16.3 Å². The van der Waals surface area contributed by atoms with E-state index in [9.17, 15) is 9.90 Å². The van der Waals surface area contributed by atoms with Crippen LogP contribution in [-0.2, 0) is 11.3 Å². The van der Waals surface area contributed by atoms with Gasteiger partial charge in [-0.2, -0.15) is 5.10 Å². The highest BCUT2D eigenvalue weighted by molar-refractivity contribution is 6.33. The lowest BCUT2D eigenvalue weighted by Crippen LogP contribution is -2.04. The lowest BCUT2D eigenvalue weighted by molar-refractivity contribution is 0.0697. The summed E-state index contributed by atoms with van der Waals surface area (Å²) in [5.74, 6) is -0.764. The minimum atomic E-state index is -1.05. The largest absolute Gasteiger partial charge is 0.478 e. The molecule has 0 saturated heterocycles. The second-order valence-corrected chi connectivity index (χ2v) is 5.76. The Morgan fingerprint density at radius 2 is 2.15 bits per heavy atom. The number of aromatic nitrogens is 4. The summed E-state index contributed by atoms with van der Waals surface area (Å²) < 4.78 is 6.74. The van der Waals surface area contributed by atoms with Crippen LogP contribution in [-0.4, -0.2) is 44.5 Å². The number of rotatable bonds is 7. The summed E-state index contributed by atoms with van der Waals surface area (Å²) in [5, 5.41) is 16.9. The fourth-order valence-corrected chi connectivity index (χ4v) is 2.55. The number of anilines is 2. The van der Waals surface area contributed by atoms with Gasteiger partial charge in [-0.25, -0.2) is 14.8 Å². The first-order chi connectivity index (χ1) is 12.6. The van der Waals surface area contributed by atoms with E-state index in [0.29, 0.717) is 30.1 Å². The van der Waals surface area contributed by atoms with Gasteiger partial charge in [-0.05, 0) is 6.07 Å². The molecule has 0 spiro atoms. The first-order valence-corrected chi connectivity index (χ1v) is 8.10. The van der Waals surface area contributed by atoms with Gasteiger partial charge in [-0.3, -0.25) is 4.68 Å². The van der Waals surface area contributed by atoms with Gasteiger partial charge in [-0.1, -0.05) is 29.8 Å². The molecule has 0 unspecified atom stereocenters. The van der Waals surface area contributed by atoms with Crippen LogP contribution in [0, 0.1) is 0 Å². The second-order valence-electron chi connectivity index (χ2n) is 5.35. The molecule has 9 heteroatoms. The number of aromatic carboxylic acids is 1. The van der Waals surface area contributed by atoms with Crippen molar-refractivity contribution in [3.05, 3.63) is 53.4 Å². The Morgan fingerprint density at radius 1 is 1.35 bits per heavy atom. The number of carbonyl (C=O) groups is 1. The van der Waals surface area contributed by atoms with Gasteiger partial charge in [0.1, 0.15) is 0 Å². The van der Waals surface area contributed by atoms with Crippen LogP contribution in [0.15, 0.2) is 42.9 Å². The fraction of sp³-hybridized carbons (Fsp3) is 0.176. The van der Waals surface area contributed by atoms with Crippen molar-refractivity contribution in [3.8, 4) is 11.3 Å². The van der Waals surface area contributed by atoms with Gasteiger partial charge in [-0.15, -0.1) is 0 Å². The van der Waals surface area contributed by atoms with Crippen LogP contribution in [0.2, 0.25) is 5.02 Å². The first-order valence-electron chi connectivity index (χ1n) is 7.72. The summed E-state index contributed by atoms with van der Waals surface area (Å²) in [6.45, 7) is 1.17. The summed E-state index contributed by atoms with van der Waals surface area (Å²) in [6.07, 6.45) is 4.86. The summed E-state index contributed by atoms with van der Waals surface area (Å²) >= 11 is 6.20. The number of benzene rings is 1. The molecule has 134 valence electrons. The number of halogens is 1. The van der Waals surface area contributed by atoms with Crippen molar-refractivity contribution in [3.63, 3.8) is 0 Å². The SMILES string of the molecule is COCCn1cc(Nc2ncc(Cl)c(-c3ccccc3C(=O)O)n2)cn1. The smallest absolute Gasteiger partial charge is 0.336 e. The van der Waals surface area contributed by atoms with Crippen molar-refractivity contribution in [1.82, 2.24) is 19.7 Å². The summed E-state index contributed by atoms with van der Waals surface area (Å²) in [7, 11) is 1.63. The van der Waals surface area contributed by atoms with Crippen LogP contribution in [0.4, 0.5) is 11.6 Å². The molecule has 0 saturated carbocycles. The van der Waals surface area contributed by atoms with Crippen molar-refractivity contribution in [2.24, 2.45) is 0 Å². The van der Waals surface area contributed by atoms with Gasteiger partial charge in [0.2, 0.25) is 5.95 Å². The van der Waals surface area contributed by atoms with Gasteiger partial charge in [0, 0.05) is 18.9 Å². The molecule has 26 heavy (non-hydrogen) atoms. The number of nitrogens with one attached hydrogen (secondary N) is 1. The molecule has 3 rings (SSSR count). The van der Waals surface area contributed by atoms with E-state index in [2.05, 4.69) is 20.4 Å². The molecule has 0 fully saturated rings. The number of carboxylic acid groups (broad SMARTS) is 1. The quantitative estimate of drug-likeness (QED) is 0.656. The van der Waals surface area contributed by atoms with Crippen LogP contribution < -0.4 is 5.32 Å². The molecular weight excluding hydrogens is 358 g/mol. The van der Waals surface area contributed by atoms with Crippen LogP contribution in [0.3, 0.4) is 0 Å². The lowest BCUT2D eigenvalue weighted by atomic mass is 10.0. The maximum absolute atomic E-state index is 11.4. The number of methoxy groups -OCH3 is 1. The van der Waals surface area contributed by atoms with Crippen molar-refractivity contribution in [2.75, 3.05) is 19.0 Å². The summed E-state index contributed by atoms with van der Waals surface area (Å²) in [5.41, 5.74) is 1.58. The number of ether oxygens (including phenoxy) is 1. The highest BCUT2D eigenvalue weighted by Crippen LogP contribution is 2.29. The third-order valence-corrected chi connectivity index (χ3v) is 3.85. The van der Waals surface area contributed by atoms with Gasteiger partial charge >= 0.3 is 5.97 Å². The third kappa shape index (κ3) is 3.98. The minimum Gasteiger partial charge on any atom is -0.478 e. The van der Waals surface area contributed by atoms with E-state index in [-0.39, 0.29) is 16.5 Å². The van der Waals surface area contributed by atoms with E-state index in [1.807, 2.05) is 0 Å². The van der Waals surface area contributed by atoms with Gasteiger partial charge < -0.3 is 15.2 Å². The molecule has 2 heterocycles. The normalized spacial score (nSPS) is 10.7. The summed E-state index contributed by atoms with van der Waals surface area (Å²) in [4.78, 5) is 20.0. The maximum Gasteiger partial charge on any atom is 0.336 e. The fourth-order valence-electron chi connectivity index (χ4n) is 2.36. The molecule has 2 aromatic heterocycles. The van der Waals surface area contributed by atoms with Crippen molar-refractivity contribution in [1.29, 1.82) is 0 Å². The number of nitrogens with zero attached hydrogens (tertiary/aromatic N) is 4. The van der Waals surface area contributed by atoms with E-state index < -0.39 is 5.97 Å². The highest BCUT2D eigenvalue weighted by atomic mass is 35.5. The molecule has 2 N–H and O–H groups in total. The van der Waals surface area contributed by atoms with Gasteiger partial charge in [0.15, 0.2) is 0 Å². The molecule has 8 nitrogen and oxygen atoms in total. The lowest BCUT2D eigenvalue weighted by Gasteiger charge is -2.09. The maximum atomic E-state index is 11.4. The van der Waals surface area contributed by atoms with Crippen molar-refractivity contribution >= 4 is 29.2 Å². The Hall–Kier alpha value is -2.97. The van der Waals surface area contributed by atoms with Gasteiger partial charge in [0.05, 0.1) is 47.5 Å². The van der Waals surface area contributed by atoms with E-state index >= 15 is 0 Å². The van der Waals surface area contributed by atoms with Crippen LogP contribution in [0.25, 0.3) is 11.3 Å². The summed E-state index contributed by atoms with van der Waals surface area (Å²) in [6, 6.07) is 6.54. The third-order valence-electron chi connectivity index (χ3n) is 3.57. The molecule has 0 bridgehead atoms. The molecule has 3 aromatic rings. The number of hydrogen-bond donors (Lipinski definition) is 2. The topological polar surface area (TPSA) is 102 Å². The standard InChI is InChI=1S/C17H16ClN5O3/c1-26-7-6-23-10-11(8-20-23)21-17-19-9-14(18)15(22-17)12-4-2-3-5-13(12)16(24)25/h2-5,8-10H,6-7H2,1H3,(H,24,25)(H,19,21,22). The van der Waals surface area contributed by atoms with Crippen LogP contribution in [0.1, 0.15) is 10.4 Å². The van der Waals surface area contributed by atoms with Crippen molar-refractivity contribution in [2.45, 2.75) is 6.54 Å². The minimum absolute atomic E-state index is 0.117. The number of hydrogen-bond acceptors (Lipinski definition) is 6. The highest BCUT2D eigenvalue weighted by Gasteiger charge is 2.16. The van der Waals surface area contributed by atoms with Gasteiger partial charge in [0.25, 0.3) is 0 Å². The Labute approximate surface area is 154 Å². The van der Waals surface area contributed by atoms with Crippen LogP contribution >= 0.6 is 11.6 Å². The molecule has 0 radical (unpaired) electrons. The monoisotopic (exact) mass is 373 g/mol. The Morgan fingerprint density at radius 3 is 2.92 bits per heavy atom. The molecule has 0 atom stereocenters. The zero-order valence-electron chi connectivity index (χ0n) is 13.9. The predicted molar refractivity (Wildman–Crippen MR) is 96.8 cm³/mol.